The molecule has 0 aromatic heterocycles. The van der Waals surface area contributed by atoms with Gasteiger partial charge in [-0.15, -0.1) is 0 Å². The molecule has 0 fully saturated rings. The minimum Gasteiger partial charge on any atom is -0.394 e. The Hall–Kier alpha value is -0.610. The zero-order chi connectivity index (χ0) is 12.8. The maximum atomic E-state index is 12.0. The van der Waals surface area contributed by atoms with Crippen LogP contribution in [0.4, 0.5) is 0 Å². The molecule has 0 radical (unpaired) electrons. The smallest absolute Gasteiger partial charge is 0.240 e. The molecule has 0 saturated heterocycles. The monoisotopic (exact) mass is 230 g/mol. The van der Waals surface area contributed by atoms with Gasteiger partial charge in [0, 0.05) is 0 Å². The quantitative estimate of drug-likeness (QED) is 0.614. The van der Waals surface area contributed by atoms with Crippen LogP contribution in [0.15, 0.2) is 0 Å². The molecule has 1 amide bonds. The van der Waals surface area contributed by atoms with Crippen LogP contribution in [0.1, 0.15) is 53.4 Å². The molecule has 4 heteroatoms. The van der Waals surface area contributed by atoms with Gasteiger partial charge in [-0.05, 0) is 26.2 Å². The largest absolute Gasteiger partial charge is 0.394 e. The Labute approximate surface area is 98.6 Å². The fraction of sp³-hybridized carbons (Fsp3) is 0.917. The molecule has 0 aromatic rings. The van der Waals surface area contributed by atoms with E-state index in [-0.39, 0.29) is 12.5 Å². The van der Waals surface area contributed by atoms with E-state index < -0.39 is 11.1 Å². The molecule has 0 aliphatic carbocycles. The van der Waals surface area contributed by atoms with Crippen molar-refractivity contribution in [2.45, 2.75) is 64.5 Å². The van der Waals surface area contributed by atoms with Crippen molar-refractivity contribution in [2.24, 2.45) is 5.73 Å². The second kappa shape index (κ2) is 6.21. The lowest BCUT2D eigenvalue weighted by atomic mass is 9.90. The van der Waals surface area contributed by atoms with Gasteiger partial charge in [-0.2, -0.15) is 0 Å². The Bertz CT molecular complexity index is 215. The van der Waals surface area contributed by atoms with E-state index in [0.29, 0.717) is 19.3 Å². The van der Waals surface area contributed by atoms with Gasteiger partial charge in [0.15, 0.2) is 0 Å². The average Bonchev–Trinajstić information content (AvgIpc) is 2.25. The van der Waals surface area contributed by atoms with Gasteiger partial charge < -0.3 is 16.2 Å². The molecule has 4 N–H and O–H groups in total. The van der Waals surface area contributed by atoms with Gasteiger partial charge in [0.1, 0.15) is 0 Å². The van der Waals surface area contributed by atoms with Gasteiger partial charge in [0.2, 0.25) is 5.91 Å². The molecule has 16 heavy (non-hydrogen) atoms. The molecule has 0 bridgehead atoms. The third-order valence-corrected chi connectivity index (χ3v) is 3.32. The lowest BCUT2D eigenvalue weighted by Crippen LogP contribution is -2.60. The maximum absolute atomic E-state index is 12.0. The number of amides is 1. The van der Waals surface area contributed by atoms with Crippen LogP contribution in [0, 0.1) is 0 Å². The van der Waals surface area contributed by atoms with Crippen LogP contribution in [-0.2, 0) is 4.79 Å². The third kappa shape index (κ3) is 3.76. The van der Waals surface area contributed by atoms with Crippen LogP contribution in [0.2, 0.25) is 0 Å². The first kappa shape index (κ1) is 15.4. The van der Waals surface area contributed by atoms with Crippen LogP contribution >= 0.6 is 0 Å². The van der Waals surface area contributed by atoms with E-state index in [1.54, 1.807) is 6.92 Å². The second-order valence-corrected chi connectivity index (χ2v) is 4.77. The van der Waals surface area contributed by atoms with Crippen molar-refractivity contribution in [3.05, 3.63) is 0 Å². The fourth-order valence-electron chi connectivity index (χ4n) is 1.71. The number of hydrogen-bond donors (Lipinski definition) is 3. The van der Waals surface area contributed by atoms with Gasteiger partial charge in [-0.3, -0.25) is 4.79 Å². The van der Waals surface area contributed by atoms with Gasteiger partial charge in [-0.25, -0.2) is 0 Å². The molecule has 0 rings (SSSR count). The van der Waals surface area contributed by atoms with Gasteiger partial charge >= 0.3 is 0 Å². The molecule has 0 aliphatic rings. The third-order valence-electron chi connectivity index (χ3n) is 3.32. The number of carbonyl (C=O) groups excluding carboxylic acids is 1. The Morgan fingerprint density at radius 2 is 1.81 bits per heavy atom. The highest BCUT2D eigenvalue weighted by Crippen LogP contribution is 2.17. The number of hydrogen-bond acceptors (Lipinski definition) is 3. The number of nitrogens with two attached hydrogens (primary N) is 1. The molecular formula is C12H26N2O2. The highest BCUT2D eigenvalue weighted by atomic mass is 16.3. The molecule has 96 valence electrons. The summed E-state index contributed by atoms with van der Waals surface area (Å²) < 4.78 is 0. The van der Waals surface area contributed by atoms with Crippen molar-refractivity contribution in [3.8, 4) is 0 Å². The average molecular weight is 230 g/mol. The molecule has 0 spiro atoms. The van der Waals surface area contributed by atoms with Crippen LogP contribution in [0.5, 0.6) is 0 Å². The Balaban J connectivity index is 4.63. The number of rotatable bonds is 7. The molecule has 0 aliphatic heterocycles. The maximum Gasteiger partial charge on any atom is 0.240 e. The molecule has 0 heterocycles. The van der Waals surface area contributed by atoms with Crippen molar-refractivity contribution in [3.63, 3.8) is 0 Å². The molecule has 1 unspecified atom stereocenters. The topological polar surface area (TPSA) is 75.4 Å². The standard InChI is InChI=1S/C12H26N2O2/c1-5-8-11(4,13)10(16)14-12(6-2,7-3)9-15/h15H,5-9,13H2,1-4H3,(H,14,16). The number of aliphatic hydroxyl groups is 1. The summed E-state index contributed by atoms with van der Waals surface area (Å²) in [5.41, 5.74) is 4.58. The van der Waals surface area contributed by atoms with Crippen LogP contribution in [-0.4, -0.2) is 28.7 Å². The summed E-state index contributed by atoms with van der Waals surface area (Å²) in [4.78, 5) is 12.0. The van der Waals surface area contributed by atoms with Crippen LogP contribution < -0.4 is 11.1 Å². The summed E-state index contributed by atoms with van der Waals surface area (Å²) >= 11 is 0. The van der Waals surface area contributed by atoms with Gasteiger partial charge in [0.25, 0.3) is 0 Å². The highest BCUT2D eigenvalue weighted by molar-refractivity contribution is 5.86. The zero-order valence-electron chi connectivity index (χ0n) is 11.0. The molecule has 4 nitrogen and oxygen atoms in total. The molecule has 0 saturated carbocycles. The summed E-state index contributed by atoms with van der Waals surface area (Å²) in [6.07, 6.45) is 2.92. The van der Waals surface area contributed by atoms with Crippen molar-refractivity contribution in [1.82, 2.24) is 5.32 Å². The van der Waals surface area contributed by atoms with Crippen molar-refractivity contribution >= 4 is 5.91 Å². The minimum atomic E-state index is -0.848. The Kier molecular flexibility index (Phi) is 5.97. The molecular weight excluding hydrogens is 204 g/mol. The SMILES string of the molecule is CCCC(C)(N)C(=O)NC(CC)(CC)CO. The first-order valence-electron chi connectivity index (χ1n) is 6.09. The number of aliphatic hydroxyl groups excluding tert-OH is 1. The highest BCUT2D eigenvalue weighted by Gasteiger charge is 2.34. The first-order valence-corrected chi connectivity index (χ1v) is 6.09. The summed E-state index contributed by atoms with van der Waals surface area (Å²) in [5, 5.41) is 12.3. The minimum absolute atomic E-state index is 0.0477. The Morgan fingerprint density at radius 3 is 2.12 bits per heavy atom. The van der Waals surface area contributed by atoms with Crippen LogP contribution in [0.3, 0.4) is 0 Å². The van der Waals surface area contributed by atoms with E-state index in [4.69, 9.17) is 5.73 Å². The van der Waals surface area contributed by atoms with Crippen molar-refractivity contribution in [1.29, 1.82) is 0 Å². The van der Waals surface area contributed by atoms with Crippen molar-refractivity contribution in [2.75, 3.05) is 6.61 Å². The van der Waals surface area contributed by atoms with E-state index >= 15 is 0 Å². The summed E-state index contributed by atoms with van der Waals surface area (Å²) in [5.74, 6) is -0.174. The lowest BCUT2D eigenvalue weighted by molar-refractivity contribution is -0.128. The first-order chi connectivity index (χ1) is 7.37. The molecule has 0 aromatic carbocycles. The predicted molar refractivity (Wildman–Crippen MR) is 66.0 cm³/mol. The lowest BCUT2D eigenvalue weighted by Gasteiger charge is -2.34. The summed E-state index contributed by atoms with van der Waals surface area (Å²) in [6, 6.07) is 0. The predicted octanol–water partition coefficient (Wildman–Crippen LogP) is 1.17. The van der Waals surface area contributed by atoms with Crippen LogP contribution in [0.25, 0.3) is 0 Å². The second-order valence-electron chi connectivity index (χ2n) is 4.77. The normalized spacial score (nSPS) is 15.6. The number of carbonyl (C=O) groups is 1. The number of nitrogens with one attached hydrogen (secondary N) is 1. The van der Waals surface area contributed by atoms with Gasteiger partial charge in [-0.1, -0.05) is 27.2 Å². The van der Waals surface area contributed by atoms with Crippen molar-refractivity contribution < 1.29 is 9.90 Å². The van der Waals surface area contributed by atoms with E-state index in [2.05, 4.69) is 5.32 Å². The van der Waals surface area contributed by atoms with E-state index in [9.17, 15) is 9.90 Å². The summed E-state index contributed by atoms with van der Waals surface area (Å²) in [6.45, 7) is 7.59. The van der Waals surface area contributed by atoms with E-state index in [1.807, 2.05) is 20.8 Å². The Morgan fingerprint density at radius 1 is 1.31 bits per heavy atom. The fourth-order valence-corrected chi connectivity index (χ4v) is 1.71. The van der Waals surface area contributed by atoms with E-state index in [1.165, 1.54) is 0 Å². The van der Waals surface area contributed by atoms with Gasteiger partial charge in [0.05, 0.1) is 17.7 Å². The summed E-state index contributed by atoms with van der Waals surface area (Å²) in [7, 11) is 0. The zero-order valence-corrected chi connectivity index (χ0v) is 11.0. The molecule has 1 atom stereocenters. The van der Waals surface area contributed by atoms with E-state index in [0.717, 1.165) is 6.42 Å².